The molecule has 4 heteroatoms. The average Bonchev–Trinajstić information content (AvgIpc) is 3.82. The first-order valence-corrected chi connectivity index (χ1v) is 22.5. The van der Waals surface area contributed by atoms with E-state index in [1.807, 2.05) is 12.1 Å². The van der Waals surface area contributed by atoms with Gasteiger partial charge in [0, 0.05) is 38.5 Å². The van der Waals surface area contributed by atoms with Gasteiger partial charge in [0.2, 0.25) is 0 Å². The van der Waals surface area contributed by atoms with Gasteiger partial charge >= 0.3 is 0 Å². The molecule has 1 aliphatic carbocycles. The van der Waals surface area contributed by atoms with E-state index >= 15 is 0 Å². The first kappa shape index (κ1) is 39.4. The van der Waals surface area contributed by atoms with E-state index in [4.69, 9.17) is 15.6 Å². The van der Waals surface area contributed by atoms with Gasteiger partial charge < -0.3 is 19.0 Å². The zero-order valence-electron chi connectivity index (χ0n) is 37.2. The van der Waals surface area contributed by atoms with Crippen molar-refractivity contribution in [3.63, 3.8) is 0 Å². The number of anilines is 5. The SMILES string of the molecule is C#C/C=C\C1=C(C)OC2C(N(c3ccccc3)c3cc(C(C)C)c4ccc5c(N(c6ccccc6)c6cccc7c6oc6ccccc67)cc(C(C)C)c6ccc3c4c65)=CC=CC12C. The van der Waals surface area contributed by atoms with Gasteiger partial charge in [-0.05, 0) is 125 Å². The lowest BCUT2D eigenvalue weighted by molar-refractivity contribution is 0.119. The summed E-state index contributed by atoms with van der Waals surface area (Å²) in [4.78, 5) is 4.87. The lowest BCUT2D eigenvalue weighted by atomic mass is 9.74. The molecule has 9 aromatic rings. The van der Waals surface area contributed by atoms with Crippen LogP contribution in [0.3, 0.4) is 0 Å². The second-order valence-electron chi connectivity index (χ2n) is 18.1. The molecule has 1 aliphatic heterocycles. The summed E-state index contributed by atoms with van der Waals surface area (Å²) in [5, 5.41) is 9.67. The second-order valence-corrected chi connectivity index (χ2v) is 18.1. The molecular formula is C60H50N2O2. The maximum absolute atomic E-state index is 6.92. The summed E-state index contributed by atoms with van der Waals surface area (Å²) >= 11 is 0. The summed E-state index contributed by atoms with van der Waals surface area (Å²) in [5.41, 5.74) is 11.5. The molecule has 0 saturated heterocycles. The Morgan fingerprint density at radius 2 is 1.19 bits per heavy atom. The van der Waals surface area contributed by atoms with Crippen molar-refractivity contribution in [1.82, 2.24) is 0 Å². The summed E-state index contributed by atoms with van der Waals surface area (Å²) in [6.07, 6.45) is 16.0. The van der Waals surface area contributed by atoms with Crippen LogP contribution in [-0.2, 0) is 4.74 Å². The van der Waals surface area contributed by atoms with E-state index in [2.05, 4.69) is 209 Å². The molecule has 0 bridgehead atoms. The molecule has 2 heterocycles. The van der Waals surface area contributed by atoms with Crippen LogP contribution in [0.15, 0.2) is 191 Å². The van der Waals surface area contributed by atoms with Crippen LogP contribution in [0.5, 0.6) is 0 Å². The molecule has 11 rings (SSSR count). The predicted molar refractivity (Wildman–Crippen MR) is 270 cm³/mol. The quantitative estimate of drug-likeness (QED) is 0.107. The Bertz CT molecular complexity index is 3470. The minimum Gasteiger partial charge on any atom is -0.487 e. The van der Waals surface area contributed by atoms with E-state index in [-0.39, 0.29) is 17.9 Å². The largest absolute Gasteiger partial charge is 0.487 e. The molecule has 312 valence electrons. The number of furan rings is 1. The molecule has 1 aromatic heterocycles. The lowest BCUT2D eigenvalue weighted by Crippen LogP contribution is -2.38. The molecule has 0 spiro atoms. The van der Waals surface area contributed by atoms with Gasteiger partial charge in [0.05, 0.1) is 33.9 Å². The Kier molecular flexibility index (Phi) is 9.29. The number of ether oxygens (including phenoxy) is 1. The van der Waals surface area contributed by atoms with E-state index in [0.717, 1.165) is 67.4 Å². The number of hydrogen-bond donors (Lipinski definition) is 0. The van der Waals surface area contributed by atoms with Gasteiger partial charge in [0.25, 0.3) is 0 Å². The first-order chi connectivity index (χ1) is 31.2. The van der Waals surface area contributed by atoms with Crippen LogP contribution < -0.4 is 9.80 Å². The van der Waals surface area contributed by atoms with Gasteiger partial charge in [-0.15, -0.1) is 6.42 Å². The summed E-state index contributed by atoms with van der Waals surface area (Å²) in [6, 6.07) is 50.7. The molecule has 0 amide bonds. The number of hydrogen-bond acceptors (Lipinski definition) is 4. The van der Waals surface area contributed by atoms with Gasteiger partial charge in [-0.2, -0.15) is 0 Å². The summed E-state index contributed by atoms with van der Waals surface area (Å²) in [6.45, 7) is 13.6. The Balaban J connectivity index is 1.22. The third kappa shape index (κ3) is 5.91. The number of fused-ring (bicyclic) bond motifs is 4. The molecule has 2 aliphatic rings. The Morgan fingerprint density at radius 3 is 1.81 bits per heavy atom. The van der Waals surface area contributed by atoms with Crippen LogP contribution in [0, 0.1) is 17.8 Å². The number of para-hydroxylation sites is 4. The van der Waals surface area contributed by atoms with Crippen LogP contribution >= 0.6 is 0 Å². The molecule has 2 unspecified atom stereocenters. The standard InChI is InChI=1S/C60H50N2O2/c1-8-9-26-50-39(6)63-59-52(28-19-34-60(50,59)7)62(41-22-14-11-15-23-41)54-36-49(38(4)5)44-30-32-46-53(35-48(37(2)3)43-31-33-47(54)57(44)56(43)46)61(40-20-12-10-13-21-40)51-27-18-25-45-42-24-16-17-29-55(42)64-58(45)51/h1,9-38,59H,2-7H3/b26-9-. The Morgan fingerprint density at radius 1 is 0.625 bits per heavy atom. The highest BCUT2D eigenvalue weighted by molar-refractivity contribution is 6.29. The second kappa shape index (κ2) is 15.1. The minimum atomic E-state index is -0.427. The van der Waals surface area contributed by atoms with Crippen molar-refractivity contribution in [2.75, 3.05) is 9.80 Å². The fourth-order valence-corrected chi connectivity index (χ4v) is 10.7. The van der Waals surface area contributed by atoms with Crippen molar-refractivity contribution >= 4 is 82.7 Å². The fraction of sp³-hybridized carbons (Fsp3) is 0.167. The van der Waals surface area contributed by atoms with Gasteiger partial charge in [-0.3, -0.25) is 0 Å². The molecule has 4 nitrogen and oxygen atoms in total. The molecule has 0 saturated carbocycles. The summed E-state index contributed by atoms with van der Waals surface area (Å²) in [7, 11) is 0. The third-order valence-corrected chi connectivity index (χ3v) is 13.7. The normalized spacial score (nSPS) is 17.4. The average molecular weight is 831 g/mol. The van der Waals surface area contributed by atoms with Crippen LogP contribution in [0.2, 0.25) is 0 Å². The molecule has 64 heavy (non-hydrogen) atoms. The minimum absolute atomic E-state index is 0.245. The zero-order valence-corrected chi connectivity index (χ0v) is 37.2. The highest BCUT2D eigenvalue weighted by Gasteiger charge is 2.48. The zero-order chi connectivity index (χ0) is 43.9. The first-order valence-electron chi connectivity index (χ1n) is 22.5. The highest BCUT2D eigenvalue weighted by Crippen LogP contribution is 2.54. The molecular weight excluding hydrogens is 781 g/mol. The van der Waals surface area contributed by atoms with Crippen molar-refractivity contribution in [3.8, 4) is 12.3 Å². The van der Waals surface area contributed by atoms with Crippen LogP contribution in [0.4, 0.5) is 28.4 Å². The molecule has 8 aromatic carbocycles. The van der Waals surface area contributed by atoms with Crippen LogP contribution in [0.25, 0.3) is 54.3 Å². The molecule has 2 atom stereocenters. The maximum atomic E-state index is 6.92. The van der Waals surface area contributed by atoms with E-state index < -0.39 is 5.41 Å². The lowest BCUT2D eigenvalue weighted by Gasteiger charge is -2.39. The highest BCUT2D eigenvalue weighted by atomic mass is 16.5. The van der Waals surface area contributed by atoms with E-state index in [9.17, 15) is 0 Å². The van der Waals surface area contributed by atoms with Crippen molar-refractivity contribution in [2.45, 2.75) is 59.5 Å². The van der Waals surface area contributed by atoms with E-state index in [0.29, 0.717) is 0 Å². The van der Waals surface area contributed by atoms with Gasteiger partial charge in [-0.1, -0.05) is 137 Å². The molecule has 0 N–H and O–H groups in total. The smallest absolute Gasteiger partial charge is 0.159 e. The topological polar surface area (TPSA) is 28.9 Å². The summed E-state index contributed by atoms with van der Waals surface area (Å²) < 4.78 is 13.7. The van der Waals surface area contributed by atoms with Crippen molar-refractivity contribution in [2.24, 2.45) is 5.41 Å². The third-order valence-electron chi connectivity index (χ3n) is 13.7. The van der Waals surface area contributed by atoms with Crippen LogP contribution in [-0.4, -0.2) is 6.10 Å². The van der Waals surface area contributed by atoms with Gasteiger partial charge in [0.15, 0.2) is 11.7 Å². The Labute approximate surface area is 375 Å². The number of terminal acetylenes is 1. The maximum Gasteiger partial charge on any atom is 0.159 e. The van der Waals surface area contributed by atoms with Crippen molar-refractivity contribution in [1.29, 1.82) is 0 Å². The predicted octanol–water partition coefficient (Wildman–Crippen LogP) is 16.7. The molecule has 0 radical (unpaired) electrons. The fourth-order valence-electron chi connectivity index (χ4n) is 10.7. The number of benzene rings is 8. The monoisotopic (exact) mass is 830 g/mol. The number of nitrogens with zero attached hydrogens (tertiary/aromatic N) is 2. The number of allylic oxidation sites excluding steroid dienone is 5. The summed E-state index contributed by atoms with van der Waals surface area (Å²) in [5.74, 6) is 4.08. The Hall–Kier alpha value is -7.48. The van der Waals surface area contributed by atoms with E-state index in [1.54, 1.807) is 6.08 Å². The number of rotatable bonds is 9. The van der Waals surface area contributed by atoms with Gasteiger partial charge in [-0.25, -0.2) is 0 Å². The van der Waals surface area contributed by atoms with Crippen LogP contribution in [0.1, 0.15) is 64.5 Å². The van der Waals surface area contributed by atoms with E-state index in [1.165, 1.54) is 43.4 Å². The van der Waals surface area contributed by atoms with Crippen molar-refractivity contribution < 1.29 is 9.15 Å². The molecule has 0 fully saturated rings. The van der Waals surface area contributed by atoms with Gasteiger partial charge in [0.1, 0.15) is 5.58 Å². The van der Waals surface area contributed by atoms with Crippen molar-refractivity contribution in [3.05, 3.63) is 198 Å².